The zero-order valence-corrected chi connectivity index (χ0v) is 17.7. The van der Waals surface area contributed by atoms with E-state index < -0.39 is 15.9 Å². The molecule has 0 atom stereocenters. The molecule has 3 rings (SSSR count). The van der Waals surface area contributed by atoms with Crippen LogP contribution in [-0.2, 0) is 16.4 Å². The van der Waals surface area contributed by atoms with Gasteiger partial charge in [-0.1, -0.05) is 54.4 Å². The summed E-state index contributed by atoms with van der Waals surface area (Å²) in [4.78, 5) is 18.4. The highest BCUT2D eigenvalue weighted by atomic mass is 35.5. The van der Waals surface area contributed by atoms with Crippen molar-refractivity contribution in [1.82, 2.24) is 15.2 Å². The molecule has 0 aliphatic rings. The van der Waals surface area contributed by atoms with Gasteiger partial charge in [-0.25, -0.2) is 13.4 Å². The van der Waals surface area contributed by atoms with E-state index in [1.807, 2.05) is 29.1 Å². The van der Waals surface area contributed by atoms with Gasteiger partial charge in [0, 0.05) is 21.0 Å². The molecular formula is C18H15Cl2N3O3S2. The average Bonchev–Trinajstić information content (AvgIpc) is 3.16. The summed E-state index contributed by atoms with van der Waals surface area (Å²) in [6, 6.07) is 11.7. The molecule has 2 aromatic carbocycles. The van der Waals surface area contributed by atoms with Gasteiger partial charge in [0.1, 0.15) is 10.7 Å². The summed E-state index contributed by atoms with van der Waals surface area (Å²) in [5.74, 6) is -0.677. The Morgan fingerprint density at radius 3 is 2.36 bits per heavy atom. The number of amides is 1. The van der Waals surface area contributed by atoms with Crippen molar-refractivity contribution in [2.75, 3.05) is 0 Å². The first-order chi connectivity index (χ1) is 13.3. The summed E-state index contributed by atoms with van der Waals surface area (Å²) >= 11 is 12.9. The lowest BCUT2D eigenvalue weighted by molar-refractivity contribution is 0.0941. The van der Waals surface area contributed by atoms with Crippen molar-refractivity contribution in [3.63, 3.8) is 0 Å². The normalized spacial score (nSPS) is 11.4. The van der Waals surface area contributed by atoms with Gasteiger partial charge in [-0.15, -0.1) is 16.2 Å². The van der Waals surface area contributed by atoms with Crippen molar-refractivity contribution < 1.29 is 13.2 Å². The van der Waals surface area contributed by atoms with Gasteiger partial charge >= 0.3 is 0 Å². The number of halogens is 2. The van der Waals surface area contributed by atoms with Crippen molar-refractivity contribution in [1.29, 1.82) is 0 Å². The molecule has 0 saturated heterocycles. The van der Waals surface area contributed by atoms with Gasteiger partial charge in [0.25, 0.3) is 15.9 Å². The smallest absolute Gasteiger partial charge is 0.272 e. The molecule has 28 heavy (non-hydrogen) atoms. The van der Waals surface area contributed by atoms with E-state index in [1.165, 1.54) is 35.1 Å². The van der Waals surface area contributed by atoms with E-state index in [-0.39, 0.29) is 20.6 Å². The molecule has 0 aliphatic carbocycles. The number of hydrogen-bond donors (Lipinski definition) is 2. The van der Waals surface area contributed by atoms with Crippen LogP contribution in [0.25, 0.3) is 10.6 Å². The van der Waals surface area contributed by atoms with Gasteiger partial charge < -0.3 is 0 Å². The number of hydrogen-bond acceptors (Lipinski definition) is 5. The number of aryl methyl sites for hydroxylation is 1. The van der Waals surface area contributed by atoms with Gasteiger partial charge in [0.15, 0.2) is 0 Å². The minimum atomic E-state index is -4.04. The Kier molecular flexibility index (Phi) is 6.36. The fraction of sp³-hybridized carbons (Fsp3) is 0.111. The first-order valence-corrected chi connectivity index (χ1v) is 11.2. The third kappa shape index (κ3) is 4.89. The monoisotopic (exact) mass is 455 g/mol. The fourth-order valence-electron chi connectivity index (χ4n) is 2.31. The predicted molar refractivity (Wildman–Crippen MR) is 111 cm³/mol. The maximum absolute atomic E-state index is 12.3. The van der Waals surface area contributed by atoms with E-state index in [0.717, 1.165) is 12.0 Å². The molecule has 0 saturated carbocycles. The lowest BCUT2D eigenvalue weighted by Gasteiger charge is -2.08. The topological polar surface area (TPSA) is 88.2 Å². The van der Waals surface area contributed by atoms with Crippen LogP contribution in [0.2, 0.25) is 10.0 Å². The first-order valence-electron chi connectivity index (χ1n) is 8.11. The number of thiazole rings is 1. The highest BCUT2D eigenvalue weighted by Crippen LogP contribution is 2.24. The third-order valence-electron chi connectivity index (χ3n) is 3.79. The first kappa shape index (κ1) is 20.8. The average molecular weight is 456 g/mol. The maximum atomic E-state index is 12.3. The Bertz CT molecular complexity index is 1090. The SMILES string of the molecule is CCc1ccc(-c2nc(C(=O)NNS(=O)(=O)c3cc(Cl)cc(Cl)c3)cs2)cc1. The van der Waals surface area contributed by atoms with E-state index in [1.54, 1.807) is 5.38 Å². The summed E-state index contributed by atoms with van der Waals surface area (Å²) in [5.41, 5.74) is 4.33. The third-order valence-corrected chi connectivity index (χ3v) is 6.35. The van der Waals surface area contributed by atoms with E-state index in [0.29, 0.717) is 5.01 Å². The second-order valence-electron chi connectivity index (χ2n) is 5.75. The Morgan fingerprint density at radius 2 is 1.75 bits per heavy atom. The molecule has 1 heterocycles. The minimum Gasteiger partial charge on any atom is -0.272 e. The number of benzene rings is 2. The largest absolute Gasteiger partial charge is 0.285 e. The highest BCUT2D eigenvalue weighted by Gasteiger charge is 2.18. The Balaban J connectivity index is 1.70. The number of sulfonamides is 1. The van der Waals surface area contributed by atoms with Crippen molar-refractivity contribution in [3.8, 4) is 10.6 Å². The zero-order valence-electron chi connectivity index (χ0n) is 14.6. The highest BCUT2D eigenvalue weighted by molar-refractivity contribution is 7.89. The quantitative estimate of drug-likeness (QED) is 0.542. The molecule has 0 fully saturated rings. The van der Waals surface area contributed by atoms with Crippen LogP contribution in [0, 0.1) is 0 Å². The number of nitrogens with zero attached hydrogens (tertiary/aromatic N) is 1. The lowest BCUT2D eigenvalue weighted by Crippen LogP contribution is -2.41. The lowest BCUT2D eigenvalue weighted by atomic mass is 10.1. The summed E-state index contributed by atoms with van der Waals surface area (Å²) in [5, 5.41) is 2.55. The van der Waals surface area contributed by atoms with Crippen LogP contribution in [0.1, 0.15) is 23.0 Å². The fourth-order valence-corrected chi connectivity index (χ4v) is 4.68. The Morgan fingerprint density at radius 1 is 1.11 bits per heavy atom. The van der Waals surface area contributed by atoms with E-state index in [9.17, 15) is 13.2 Å². The van der Waals surface area contributed by atoms with Crippen LogP contribution >= 0.6 is 34.5 Å². The van der Waals surface area contributed by atoms with Crippen LogP contribution in [0.15, 0.2) is 52.7 Å². The van der Waals surface area contributed by atoms with Gasteiger partial charge in [0.05, 0.1) is 4.90 Å². The van der Waals surface area contributed by atoms with Crippen LogP contribution < -0.4 is 10.3 Å². The second kappa shape index (κ2) is 8.59. The number of nitrogens with one attached hydrogen (secondary N) is 2. The summed E-state index contributed by atoms with van der Waals surface area (Å²) in [6.45, 7) is 2.07. The number of aromatic nitrogens is 1. The maximum Gasteiger partial charge on any atom is 0.285 e. The number of carbonyl (C=O) groups is 1. The number of carbonyl (C=O) groups excluding carboxylic acids is 1. The van der Waals surface area contributed by atoms with Crippen molar-refractivity contribution >= 4 is 50.5 Å². The van der Waals surface area contributed by atoms with Crippen LogP contribution in [0.5, 0.6) is 0 Å². The molecule has 0 unspecified atom stereocenters. The Labute approximate surface area is 176 Å². The minimum absolute atomic E-state index is 0.103. The molecule has 6 nitrogen and oxygen atoms in total. The standard InChI is InChI=1S/C18H15Cl2N3O3S2/c1-2-11-3-5-12(6-4-11)18-21-16(10-27-18)17(24)22-23-28(25,26)15-8-13(19)7-14(20)9-15/h3-10,23H,2H2,1H3,(H,22,24). The zero-order chi connectivity index (χ0) is 20.3. The summed E-state index contributed by atoms with van der Waals surface area (Å²) in [7, 11) is -4.04. The summed E-state index contributed by atoms with van der Waals surface area (Å²) < 4.78 is 24.6. The van der Waals surface area contributed by atoms with Crippen molar-refractivity contribution in [3.05, 3.63) is 69.1 Å². The molecule has 3 aromatic rings. The van der Waals surface area contributed by atoms with Gasteiger partial charge in [0.2, 0.25) is 0 Å². The van der Waals surface area contributed by atoms with Gasteiger partial charge in [-0.05, 0) is 30.2 Å². The molecule has 10 heteroatoms. The second-order valence-corrected chi connectivity index (χ2v) is 9.17. The van der Waals surface area contributed by atoms with Gasteiger partial charge in [-0.2, -0.15) is 0 Å². The van der Waals surface area contributed by atoms with E-state index in [4.69, 9.17) is 23.2 Å². The molecule has 1 amide bonds. The van der Waals surface area contributed by atoms with E-state index >= 15 is 0 Å². The molecule has 146 valence electrons. The number of hydrazine groups is 1. The predicted octanol–water partition coefficient (Wildman–Crippen LogP) is 4.30. The van der Waals surface area contributed by atoms with Crippen LogP contribution in [0.4, 0.5) is 0 Å². The molecule has 0 bridgehead atoms. The summed E-state index contributed by atoms with van der Waals surface area (Å²) in [6.07, 6.45) is 0.934. The molecule has 0 aliphatic heterocycles. The number of rotatable bonds is 6. The van der Waals surface area contributed by atoms with E-state index in [2.05, 4.69) is 17.3 Å². The van der Waals surface area contributed by atoms with Crippen LogP contribution in [-0.4, -0.2) is 19.3 Å². The van der Waals surface area contributed by atoms with Crippen molar-refractivity contribution in [2.24, 2.45) is 0 Å². The molecule has 0 radical (unpaired) electrons. The molecule has 0 spiro atoms. The van der Waals surface area contributed by atoms with Crippen molar-refractivity contribution in [2.45, 2.75) is 18.2 Å². The van der Waals surface area contributed by atoms with Crippen LogP contribution in [0.3, 0.4) is 0 Å². The Hall–Kier alpha value is -1.97. The molecule has 2 N–H and O–H groups in total. The van der Waals surface area contributed by atoms with Gasteiger partial charge in [-0.3, -0.25) is 10.2 Å². The molecular weight excluding hydrogens is 441 g/mol. The molecule has 1 aromatic heterocycles.